The van der Waals surface area contributed by atoms with Crippen LogP contribution in [-0.2, 0) is 17.1 Å². The summed E-state index contributed by atoms with van der Waals surface area (Å²) in [6.45, 7) is 7.16. The summed E-state index contributed by atoms with van der Waals surface area (Å²) in [6.07, 6.45) is 2.13. The molecule has 1 aliphatic heterocycles. The van der Waals surface area contributed by atoms with E-state index in [1.54, 1.807) is 41.6 Å². The van der Waals surface area contributed by atoms with Gasteiger partial charge >= 0.3 is 6.03 Å². The summed E-state index contributed by atoms with van der Waals surface area (Å²) in [5, 5.41) is 15.2. The SMILES string of the molecule is CC(C)NC(=O)Nc1cccc2c1O[C@@H](CN(C)S(=O)(=O)c1cn(C)cn1)[C@@H](C)CN([C@H](C)CO)C2=O. The van der Waals surface area contributed by atoms with Gasteiger partial charge in [-0.1, -0.05) is 13.0 Å². The summed E-state index contributed by atoms with van der Waals surface area (Å²) >= 11 is 0. The molecule has 204 valence electrons. The minimum absolute atomic E-state index is 0.0401. The normalized spacial score (nSPS) is 19.2. The number of aromatic nitrogens is 2. The van der Waals surface area contributed by atoms with Gasteiger partial charge in [-0.25, -0.2) is 18.2 Å². The van der Waals surface area contributed by atoms with Gasteiger partial charge in [0.15, 0.2) is 10.8 Å². The third-order valence-electron chi connectivity index (χ3n) is 6.15. The molecule has 2 heterocycles. The number of ether oxygens (including phenoxy) is 1. The van der Waals surface area contributed by atoms with Crippen LogP contribution in [0.4, 0.5) is 10.5 Å². The number of sulfonamides is 1. The van der Waals surface area contributed by atoms with E-state index in [2.05, 4.69) is 15.6 Å². The highest BCUT2D eigenvalue weighted by Crippen LogP contribution is 2.35. The van der Waals surface area contributed by atoms with E-state index in [-0.39, 0.29) is 59.6 Å². The number of imidazole rings is 1. The molecule has 3 rings (SSSR count). The lowest BCUT2D eigenvalue weighted by atomic mass is 9.99. The highest BCUT2D eigenvalue weighted by Gasteiger charge is 2.36. The van der Waals surface area contributed by atoms with Crippen LogP contribution in [0.3, 0.4) is 0 Å². The van der Waals surface area contributed by atoms with Crippen LogP contribution in [0.15, 0.2) is 35.7 Å². The van der Waals surface area contributed by atoms with Crippen LogP contribution in [0.2, 0.25) is 0 Å². The van der Waals surface area contributed by atoms with Crippen molar-refractivity contribution in [1.82, 2.24) is 24.1 Å². The molecule has 0 saturated heterocycles. The van der Waals surface area contributed by atoms with Crippen LogP contribution in [0.1, 0.15) is 38.1 Å². The quantitative estimate of drug-likeness (QED) is 0.463. The number of aliphatic hydroxyl groups is 1. The lowest BCUT2D eigenvalue weighted by molar-refractivity contribution is 0.0389. The van der Waals surface area contributed by atoms with Crippen LogP contribution >= 0.6 is 0 Å². The van der Waals surface area contributed by atoms with Crippen molar-refractivity contribution >= 4 is 27.6 Å². The van der Waals surface area contributed by atoms with Crippen molar-refractivity contribution in [2.75, 3.05) is 32.1 Å². The number of amides is 3. The van der Waals surface area contributed by atoms with E-state index in [0.29, 0.717) is 0 Å². The Morgan fingerprint density at radius 3 is 2.62 bits per heavy atom. The largest absolute Gasteiger partial charge is 0.486 e. The number of fused-ring (bicyclic) bond motifs is 1. The molecule has 3 amide bonds. The average molecular weight is 537 g/mol. The van der Waals surface area contributed by atoms with Gasteiger partial charge in [-0.15, -0.1) is 0 Å². The zero-order valence-electron chi connectivity index (χ0n) is 22.0. The van der Waals surface area contributed by atoms with Crippen molar-refractivity contribution < 1.29 is 27.9 Å². The minimum Gasteiger partial charge on any atom is -0.486 e. The number of aryl methyl sites for hydroxylation is 1. The van der Waals surface area contributed by atoms with Crippen molar-refractivity contribution in [3.05, 3.63) is 36.3 Å². The number of aliphatic hydroxyl groups excluding tert-OH is 1. The Morgan fingerprint density at radius 2 is 2.03 bits per heavy atom. The van der Waals surface area contributed by atoms with Crippen LogP contribution in [0, 0.1) is 5.92 Å². The van der Waals surface area contributed by atoms with E-state index in [1.807, 2.05) is 20.8 Å². The Bertz CT molecular complexity index is 1230. The fourth-order valence-electron chi connectivity index (χ4n) is 4.01. The molecular formula is C24H36N6O6S. The van der Waals surface area contributed by atoms with Gasteiger partial charge < -0.3 is 29.9 Å². The maximum Gasteiger partial charge on any atom is 0.319 e. The molecule has 0 radical (unpaired) electrons. The Kier molecular flexibility index (Phi) is 8.82. The van der Waals surface area contributed by atoms with Gasteiger partial charge in [-0.2, -0.15) is 4.31 Å². The Morgan fingerprint density at radius 1 is 1.32 bits per heavy atom. The number of para-hydroxylation sites is 1. The second-order valence-electron chi connectivity index (χ2n) is 9.72. The number of hydrogen-bond donors (Lipinski definition) is 3. The van der Waals surface area contributed by atoms with E-state index in [9.17, 15) is 23.1 Å². The zero-order valence-corrected chi connectivity index (χ0v) is 22.8. The number of carbonyl (C=O) groups excluding carboxylic acids is 2. The minimum atomic E-state index is -3.91. The predicted octanol–water partition coefficient (Wildman–Crippen LogP) is 1.49. The van der Waals surface area contributed by atoms with Crippen molar-refractivity contribution in [2.24, 2.45) is 13.0 Å². The molecule has 1 aliphatic rings. The second kappa shape index (κ2) is 11.5. The molecule has 0 bridgehead atoms. The summed E-state index contributed by atoms with van der Waals surface area (Å²) in [6, 6.07) is 3.75. The van der Waals surface area contributed by atoms with Crippen molar-refractivity contribution in [3.63, 3.8) is 0 Å². The third kappa shape index (κ3) is 6.40. The van der Waals surface area contributed by atoms with Crippen molar-refractivity contribution in [2.45, 2.75) is 50.9 Å². The standard InChI is InChI=1S/C24H36N6O6S/c1-15(2)26-24(33)27-19-9-7-8-18-22(19)36-20(16(3)10-30(23(18)32)17(4)13-31)11-29(6)37(34,35)21-12-28(5)14-25-21/h7-9,12,14-17,20,31H,10-11,13H2,1-6H3,(H2,26,27,33)/t16-,17+,20-/m0/s1. The van der Waals surface area contributed by atoms with Gasteiger partial charge in [0.2, 0.25) is 0 Å². The molecule has 12 nitrogen and oxygen atoms in total. The molecule has 1 aromatic heterocycles. The van der Waals surface area contributed by atoms with Crippen LogP contribution < -0.4 is 15.4 Å². The number of rotatable bonds is 8. The molecule has 0 aliphatic carbocycles. The number of nitrogens with one attached hydrogen (secondary N) is 2. The summed E-state index contributed by atoms with van der Waals surface area (Å²) < 4.78 is 35.3. The van der Waals surface area contributed by atoms with E-state index in [1.165, 1.54) is 23.9 Å². The number of urea groups is 1. The smallest absolute Gasteiger partial charge is 0.319 e. The van der Waals surface area contributed by atoms with Gasteiger partial charge in [-0.05, 0) is 32.9 Å². The predicted molar refractivity (Wildman–Crippen MR) is 138 cm³/mol. The number of carbonyl (C=O) groups is 2. The Balaban J connectivity index is 2.02. The zero-order chi connectivity index (χ0) is 27.5. The maximum absolute atomic E-state index is 13.5. The lowest BCUT2D eigenvalue weighted by Crippen LogP contribution is -2.50. The molecule has 37 heavy (non-hydrogen) atoms. The molecule has 3 atom stereocenters. The van der Waals surface area contributed by atoms with Gasteiger partial charge in [-0.3, -0.25) is 4.79 Å². The summed E-state index contributed by atoms with van der Waals surface area (Å²) in [4.78, 5) is 31.5. The number of benzene rings is 1. The van der Waals surface area contributed by atoms with E-state index < -0.39 is 28.2 Å². The number of anilines is 1. The fourth-order valence-corrected chi connectivity index (χ4v) is 5.16. The van der Waals surface area contributed by atoms with Gasteiger partial charge in [0.05, 0.1) is 36.8 Å². The molecule has 0 saturated carbocycles. The van der Waals surface area contributed by atoms with E-state index in [0.717, 1.165) is 0 Å². The van der Waals surface area contributed by atoms with Gasteiger partial charge in [0.25, 0.3) is 15.9 Å². The number of likely N-dealkylation sites (N-methyl/N-ethyl adjacent to an activating group) is 1. The van der Waals surface area contributed by atoms with Crippen molar-refractivity contribution in [1.29, 1.82) is 0 Å². The number of hydrogen-bond acceptors (Lipinski definition) is 7. The summed E-state index contributed by atoms with van der Waals surface area (Å²) in [7, 11) is -0.781. The molecule has 0 spiro atoms. The lowest BCUT2D eigenvalue weighted by Gasteiger charge is -2.38. The van der Waals surface area contributed by atoms with Gasteiger partial charge in [0.1, 0.15) is 6.10 Å². The first-order valence-electron chi connectivity index (χ1n) is 12.1. The summed E-state index contributed by atoms with van der Waals surface area (Å²) in [5.74, 6) is -0.545. The van der Waals surface area contributed by atoms with Crippen LogP contribution in [-0.4, -0.2) is 89.2 Å². The van der Waals surface area contributed by atoms with E-state index >= 15 is 0 Å². The van der Waals surface area contributed by atoms with Gasteiger partial charge in [0, 0.05) is 38.8 Å². The molecule has 3 N–H and O–H groups in total. The monoisotopic (exact) mass is 536 g/mol. The van der Waals surface area contributed by atoms with Crippen molar-refractivity contribution in [3.8, 4) is 5.75 Å². The molecule has 0 fully saturated rings. The average Bonchev–Trinajstić information content (AvgIpc) is 3.27. The second-order valence-corrected chi connectivity index (χ2v) is 11.7. The molecule has 13 heteroatoms. The Labute approximate surface area is 217 Å². The first-order chi connectivity index (χ1) is 17.3. The topological polar surface area (TPSA) is 146 Å². The van der Waals surface area contributed by atoms with Crippen LogP contribution in [0.25, 0.3) is 0 Å². The third-order valence-corrected chi connectivity index (χ3v) is 7.86. The fraction of sp³-hybridized carbons (Fsp3) is 0.542. The number of nitrogens with zero attached hydrogens (tertiary/aromatic N) is 4. The summed E-state index contributed by atoms with van der Waals surface area (Å²) in [5.41, 5.74) is 0.477. The molecule has 1 aromatic carbocycles. The molecule has 2 aromatic rings. The van der Waals surface area contributed by atoms with Crippen LogP contribution in [0.5, 0.6) is 5.75 Å². The maximum atomic E-state index is 13.5. The molecule has 0 unspecified atom stereocenters. The Hall–Kier alpha value is -3.16. The first kappa shape index (κ1) is 28.4. The first-order valence-corrected chi connectivity index (χ1v) is 13.5. The highest BCUT2D eigenvalue weighted by molar-refractivity contribution is 7.89. The molecular weight excluding hydrogens is 500 g/mol. The van der Waals surface area contributed by atoms with E-state index in [4.69, 9.17) is 4.74 Å². The highest BCUT2D eigenvalue weighted by atomic mass is 32.2.